The molecule has 1 aliphatic carbocycles. The molecule has 0 saturated heterocycles. The fraction of sp³-hybridized carbons (Fsp3) is 0.500. The van der Waals surface area contributed by atoms with E-state index in [1.54, 1.807) is 0 Å². The van der Waals surface area contributed by atoms with E-state index in [0.717, 1.165) is 25.3 Å². The summed E-state index contributed by atoms with van der Waals surface area (Å²) in [5, 5.41) is 14.6. The maximum Gasteiger partial charge on any atom is 0.292 e. The molecule has 0 aliphatic heterocycles. The second kappa shape index (κ2) is 5.56. The van der Waals surface area contributed by atoms with E-state index in [1.165, 1.54) is 12.1 Å². The molecule has 2 rings (SSSR count). The Morgan fingerprint density at radius 2 is 2.28 bits per heavy atom. The van der Waals surface area contributed by atoms with Crippen LogP contribution in [0, 0.1) is 15.9 Å². The highest BCUT2D eigenvalue weighted by Gasteiger charge is 2.26. The fourth-order valence-electron chi connectivity index (χ4n) is 2.29. The van der Waals surface area contributed by atoms with Gasteiger partial charge in [-0.1, -0.05) is 0 Å². The largest absolute Gasteiger partial charge is 0.377 e. The zero-order chi connectivity index (χ0) is 13.1. The van der Waals surface area contributed by atoms with Crippen LogP contribution in [0.15, 0.2) is 18.2 Å². The summed E-state index contributed by atoms with van der Waals surface area (Å²) in [6.45, 7) is 0. The third kappa shape index (κ3) is 2.93. The number of nitro benzene ring substituents is 1. The molecule has 4 nitrogen and oxygen atoms in total. The normalized spacial score (nSPS) is 23.0. The van der Waals surface area contributed by atoms with Gasteiger partial charge in [0.2, 0.25) is 0 Å². The second-order valence-corrected chi connectivity index (χ2v) is 5.57. The van der Waals surface area contributed by atoms with Crippen LogP contribution in [0.3, 0.4) is 0 Å². The molecule has 1 aromatic rings. The maximum absolute atomic E-state index is 13.2. The van der Waals surface area contributed by atoms with Gasteiger partial charge in [-0.2, -0.15) is 11.8 Å². The SMILES string of the molecule is CSC1CCC(Nc2cc(F)ccc2[N+](=O)[O-])C1. The molecule has 0 amide bonds. The van der Waals surface area contributed by atoms with Crippen molar-refractivity contribution in [2.24, 2.45) is 0 Å². The van der Waals surface area contributed by atoms with Crippen LogP contribution in [0.2, 0.25) is 0 Å². The Bertz CT molecular complexity index is 456. The Kier molecular flexibility index (Phi) is 4.06. The zero-order valence-electron chi connectivity index (χ0n) is 10.1. The molecular weight excluding hydrogens is 255 g/mol. The molecule has 0 heterocycles. The summed E-state index contributed by atoms with van der Waals surface area (Å²) in [4.78, 5) is 10.4. The van der Waals surface area contributed by atoms with Gasteiger partial charge >= 0.3 is 0 Å². The Morgan fingerprint density at radius 3 is 2.89 bits per heavy atom. The van der Waals surface area contributed by atoms with E-state index in [2.05, 4.69) is 11.6 Å². The van der Waals surface area contributed by atoms with Gasteiger partial charge in [-0.3, -0.25) is 10.1 Å². The Balaban J connectivity index is 2.13. The van der Waals surface area contributed by atoms with Crippen molar-refractivity contribution in [2.75, 3.05) is 11.6 Å². The van der Waals surface area contributed by atoms with Gasteiger partial charge in [0.1, 0.15) is 11.5 Å². The molecule has 1 saturated carbocycles. The smallest absolute Gasteiger partial charge is 0.292 e. The summed E-state index contributed by atoms with van der Waals surface area (Å²) in [5.41, 5.74) is 0.218. The number of anilines is 1. The lowest BCUT2D eigenvalue weighted by Gasteiger charge is -2.14. The van der Waals surface area contributed by atoms with E-state index in [9.17, 15) is 14.5 Å². The third-order valence-corrected chi connectivity index (χ3v) is 4.33. The van der Waals surface area contributed by atoms with Crippen LogP contribution in [0.5, 0.6) is 0 Å². The molecular formula is C12H15FN2O2S. The van der Waals surface area contributed by atoms with Crippen molar-refractivity contribution >= 4 is 23.1 Å². The van der Waals surface area contributed by atoms with Crippen molar-refractivity contribution in [1.82, 2.24) is 0 Å². The lowest BCUT2D eigenvalue weighted by atomic mass is 10.2. The molecule has 18 heavy (non-hydrogen) atoms. The predicted octanol–water partition coefficient (Wildman–Crippen LogP) is 3.43. The highest BCUT2D eigenvalue weighted by atomic mass is 32.2. The standard InChI is InChI=1S/C12H15FN2O2S/c1-18-10-4-3-9(7-10)14-11-6-8(13)2-5-12(11)15(16)17/h2,5-6,9-10,14H,3-4,7H2,1H3. The summed E-state index contributed by atoms with van der Waals surface area (Å²) in [6, 6.07) is 3.72. The second-order valence-electron chi connectivity index (χ2n) is 4.43. The fourth-order valence-corrected chi connectivity index (χ4v) is 3.08. The van der Waals surface area contributed by atoms with Crippen molar-refractivity contribution in [3.63, 3.8) is 0 Å². The van der Waals surface area contributed by atoms with Crippen LogP contribution in [-0.2, 0) is 0 Å². The third-order valence-electron chi connectivity index (χ3n) is 3.23. The average Bonchev–Trinajstić information content (AvgIpc) is 2.76. The number of nitrogens with zero attached hydrogens (tertiary/aromatic N) is 1. The van der Waals surface area contributed by atoms with Gasteiger partial charge in [0.25, 0.3) is 5.69 Å². The predicted molar refractivity (Wildman–Crippen MR) is 71.6 cm³/mol. The average molecular weight is 270 g/mol. The molecule has 1 N–H and O–H groups in total. The van der Waals surface area contributed by atoms with E-state index in [4.69, 9.17) is 0 Å². The van der Waals surface area contributed by atoms with Gasteiger partial charge in [-0.15, -0.1) is 0 Å². The number of benzene rings is 1. The number of thioether (sulfide) groups is 1. The molecule has 0 aromatic heterocycles. The zero-order valence-corrected chi connectivity index (χ0v) is 10.9. The molecule has 1 fully saturated rings. The van der Waals surface area contributed by atoms with Gasteiger partial charge in [-0.25, -0.2) is 4.39 Å². The molecule has 2 unspecified atom stereocenters. The first kappa shape index (κ1) is 13.1. The summed E-state index contributed by atoms with van der Waals surface area (Å²) in [6.07, 6.45) is 5.10. The van der Waals surface area contributed by atoms with Crippen molar-refractivity contribution in [3.8, 4) is 0 Å². The molecule has 0 spiro atoms. The minimum atomic E-state index is -0.483. The van der Waals surface area contributed by atoms with Gasteiger partial charge in [-0.05, 0) is 31.6 Å². The summed E-state index contributed by atoms with van der Waals surface area (Å²) in [5.74, 6) is -0.456. The van der Waals surface area contributed by atoms with E-state index in [-0.39, 0.29) is 17.4 Å². The summed E-state index contributed by atoms with van der Waals surface area (Å²) < 4.78 is 13.2. The Labute approximate surface area is 109 Å². The maximum atomic E-state index is 13.2. The number of hydrogen-bond donors (Lipinski definition) is 1. The molecule has 2 atom stereocenters. The quantitative estimate of drug-likeness (QED) is 0.672. The summed E-state index contributed by atoms with van der Waals surface area (Å²) >= 11 is 1.81. The van der Waals surface area contributed by atoms with Crippen molar-refractivity contribution in [2.45, 2.75) is 30.6 Å². The van der Waals surface area contributed by atoms with Crippen LogP contribution in [-0.4, -0.2) is 22.5 Å². The molecule has 0 radical (unpaired) electrons. The monoisotopic (exact) mass is 270 g/mol. The van der Waals surface area contributed by atoms with Crippen molar-refractivity contribution in [1.29, 1.82) is 0 Å². The van der Waals surface area contributed by atoms with Gasteiger partial charge in [0, 0.05) is 23.4 Å². The molecule has 1 aromatic carbocycles. The van der Waals surface area contributed by atoms with Gasteiger partial charge in [0.05, 0.1) is 4.92 Å². The summed E-state index contributed by atoms with van der Waals surface area (Å²) in [7, 11) is 0. The first-order valence-corrected chi connectivity index (χ1v) is 7.12. The Morgan fingerprint density at radius 1 is 1.50 bits per heavy atom. The van der Waals surface area contributed by atoms with Crippen LogP contribution in [0.1, 0.15) is 19.3 Å². The van der Waals surface area contributed by atoms with Crippen LogP contribution in [0.4, 0.5) is 15.8 Å². The van der Waals surface area contributed by atoms with E-state index in [1.807, 2.05) is 11.8 Å². The number of rotatable bonds is 4. The first-order valence-electron chi connectivity index (χ1n) is 5.83. The first-order chi connectivity index (χ1) is 8.60. The highest BCUT2D eigenvalue weighted by molar-refractivity contribution is 7.99. The Hall–Kier alpha value is -1.30. The topological polar surface area (TPSA) is 55.2 Å². The lowest BCUT2D eigenvalue weighted by molar-refractivity contribution is -0.384. The highest BCUT2D eigenvalue weighted by Crippen LogP contribution is 2.33. The van der Waals surface area contributed by atoms with Crippen LogP contribution in [0.25, 0.3) is 0 Å². The van der Waals surface area contributed by atoms with Crippen LogP contribution < -0.4 is 5.32 Å². The minimum absolute atomic E-state index is 0.0657. The number of nitrogens with one attached hydrogen (secondary N) is 1. The number of nitro groups is 1. The van der Waals surface area contributed by atoms with Crippen molar-refractivity contribution in [3.05, 3.63) is 34.1 Å². The molecule has 6 heteroatoms. The van der Waals surface area contributed by atoms with Crippen molar-refractivity contribution < 1.29 is 9.31 Å². The van der Waals surface area contributed by atoms with E-state index in [0.29, 0.717) is 5.25 Å². The van der Waals surface area contributed by atoms with Gasteiger partial charge in [0.15, 0.2) is 0 Å². The lowest BCUT2D eigenvalue weighted by Crippen LogP contribution is -2.17. The van der Waals surface area contributed by atoms with Gasteiger partial charge < -0.3 is 5.32 Å². The molecule has 98 valence electrons. The van der Waals surface area contributed by atoms with E-state index >= 15 is 0 Å². The van der Waals surface area contributed by atoms with E-state index < -0.39 is 10.7 Å². The number of hydrogen-bond acceptors (Lipinski definition) is 4. The molecule has 0 bridgehead atoms. The minimum Gasteiger partial charge on any atom is -0.377 e. The molecule has 1 aliphatic rings. The van der Waals surface area contributed by atoms with Crippen LogP contribution >= 0.6 is 11.8 Å². The number of halogens is 1.